The Balaban J connectivity index is 0. The fraction of sp³-hybridized carbons (Fsp3) is 1.00. The van der Waals surface area contributed by atoms with E-state index >= 15 is 0 Å². The largest absolute Gasteiger partial charge is 0.484 e. The van der Waals surface area contributed by atoms with Crippen LogP contribution in [0.4, 0.5) is 0 Å². The van der Waals surface area contributed by atoms with Crippen LogP contribution in [0.5, 0.6) is 0 Å². The highest BCUT2D eigenvalue weighted by atomic mass is 28.3. The minimum Gasteiger partial charge on any atom is -0.397 e. The van der Waals surface area contributed by atoms with Gasteiger partial charge >= 0.3 is 9.53 Å². The number of aliphatic hydroxyl groups excluding tert-OH is 1. The summed E-state index contributed by atoms with van der Waals surface area (Å²) >= 11 is 0. The Morgan fingerprint density at radius 2 is 1.08 bits per heavy atom. The topological polar surface area (TPSA) is 47.9 Å². The zero-order valence-corrected chi connectivity index (χ0v) is 10.2. The highest BCUT2D eigenvalue weighted by Crippen LogP contribution is 1.90. The Morgan fingerprint density at radius 3 is 1.23 bits per heavy atom. The van der Waals surface area contributed by atoms with Crippen LogP contribution in [0.1, 0.15) is 27.7 Å². The van der Waals surface area contributed by atoms with E-state index in [1.54, 1.807) is 6.92 Å². The lowest BCUT2D eigenvalue weighted by molar-refractivity contribution is 0.107. The zero-order valence-electron chi connectivity index (χ0n) is 9.08. The monoisotopic (exact) mass is 210 g/mol. The summed E-state index contributed by atoms with van der Waals surface area (Å²) in [6.45, 7) is 9.79. The average molecular weight is 210 g/mol. The molecule has 0 aromatic heterocycles. The molecule has 82 valence electrons. The molecule has 0 spiro atoms. The van der Waals surface area contributed by atoms with Crippen LogP contribution in [-0.4, -0.2) is 41.1 Å². The second-order valence-corrected chi connectivity index (χ2v) is 3.55. The minimum absolute atomic E-state index is 0.250. The van der Waals surface area contributed by atoms with Gasteiger partial charge in [0.2, 0.25) is 0 Å². The van der Waals surface area contributed by atoms with Gasteiger partial charge in [-0.3, -0.25) is 0 Å². The lowest BCUT2D eigenvalue weighted by Gasteiger charge is -2.12. The molecule has 0 amide bonds. The van der Waals surface area contributed by atoms with Crippen LogP contribution < -0.4 is 0 Å². The highest BCUT2D eigenvalue weighted by molar-refractivity contribution is 6.36. The summed E-state index contributed by atoms with van der Waals surface area (Å²) in [5.41, 5.74) is 0. The molecular weight excluding hydrogens is 188 g/mol. The van der Waals surface area contributed by atoms with Crippen molar-refractivity contribution in [1.29, 1.82) is 0 Å². The van der Waals surface area contributed by atoms with Crippen LogP contribution in [0.25, 0.3) is 0 Å². The van der Waals surface area contributed by atoms with Crippen molar-refractivity contribution in [3.8, 4) is 0 Å². The fourth-order valence-corrected chi connectivity index (χ4v) is 1.66. The standard InChI is InChI=1S/C6H16O3Si.C2H6O/c1-4-7-10(8-5-2)9-6-3;1-2-3/h10H,4-6H2,1-3H3;3H,2H2,1H3. The van der Waals surface area contributed by atoms with Crippen LogP contribution >= 0.6 is 0 Å². The first kappa shape index (κ1) is 15.5. The van der Waals surface area contributed by atoms with Crippen molar-refractivity contribution in [1.82, 2.24) is 0 Å². The van der Waals surface area contributed by atoms with Crippen LogP contribution in [-0.2, 0) is 13.3 Å². The maximum Gasteiger partial charge on any atom is 0.484 e. The van der Waals surface area contributed by atoms with E-state index in [9.17, 15) is 0 Å². The average Bonchev–Trinajstić information content (AvgIpc) is 2.07. The van der Waals surface area contributed by atoms with E-state index in [0.29, 0.717) is 19.8 Å². The van der Waals surface area contributed by atoms with Gasteiger partial charge in [-0.15, -0.1) is 0 Å². The van der Waals surface area contributed by atoms with Crippen LogP contribution in [0.2, 0.25) is 0 Å². The van der Waals surface area contributed by atoms with Gasteiger partial charge in [0, 0.05) is 26.4 Å². The SMILES string of the molecule is CCO.CCO[SiH](OCC)OCC. The third-order valence-corrected chi connectivity index (χ3v) is 2.72. The van der Waals surface area contributed by atoms with Gasteiger partial charge in [-0.25, -0.2) is 0 Å². The van der Waals surface area contributed by atoms with E-state index in [-0.39, 0.29) is 6.61 Å². The maximum absolute atomic E-state index is 7.57. The molecule has 0 aliphatic rings. The van der Waals surface area contributed by atoms with E-state index in [1.165, 1.54) is 0 Å². The lowest BCUT2D eigenvalue weighted by atomic mass is 10.9. The molecule has 0 heterocycles. The van der Waals surface area contributed by atoms with Crippen molar-refractivity contribution in [2.45, 2.75) is 27.7 Å². The normalized spacial score (nSPS) is 9.69. The number of aliphatic hydroxyl groups is 1. The molecule has 0 unspecified atom stereocenters. The summed E-state index contributed by atoms with van der Waals surface area (Å²) in [5, 5.41) is 7.57. The molecule has 13 heavy (non-hydrogen) atoms. The van der Waals surface area contributed by atoms with E-state index in [1.807, 2.05) is 20.8 Å². The molecule has 4 nitrogen and oxygen atoms in total. The van der Waals surface area contributed by atoms with Crippen molar-refractivity contribution in [3.63, 3.8) is 0 Å². The molecule has 0 rings (SSSR count). The number of hydrogen-bond donors (Lipinski definition) is 1. The first-order valence-corrected chi connectivity index (χ1v) is 6.13. The summed E-state index contributed by atoms with van der Waals surface area (Å²) in [6, 6.07) is 0. The molecule has 0 saturated heterocycles. The molecule has 0 radical (unpaired) electrons. The van der Waals surface area contributed by atoms with Crippen LogP contribution in [0, 0.1) is 0 Å². The Kier molecular flexibility index (Phi) is 17.4. The fourth-order valence-electron chi connectivity index (χ4n) is 0.553. The van der Waals surface area contributed by atoms with Gasteiger partial charge in [-0.05, 0) is 27.7 Å². The second-order valence-electron chi connectivity index (χ2n) is 1.97. The third kappa shape index (κ3) is 14.9. The number of rotatable bonds is 6. The van der Waals surface area contributed by atoms with E-state index < -0.39 is 9.53 Å². The minimum atomic E-state index is -1.73. The Labute approximate surface area is 82.8 Å². The second kappa shape index (κ2) is 14.6. The first-order chi connectivity index (χ1) is 6.26. The Morgan fingerprint density at radius 1 is 0.846 bits per heavy atom. The molecule has 0 aromatic rings. The molecule has 0 fully saturated rings. The van der Waals surface area contributed by atoms with Gasteiger partial charge in [0.25, 0.3) is 0 Å². The Hall–Kier alpha value is 0.0569. The lowest BCUT2D eigenvalue weighted by Crippen LogP contribution is -2.27. The van der Waals surface area contributed by atoms with Crippen molar-refractivity contribution < 1.29 is 18.4 Å². The van der Waals surface area contributed by atoms with E-state index in [4.69, 9.17) is 18.4 Å². The van der Waals surface area contributed by atoms with Gasteiger partial charge in [-0.1, -0.05) is 0 Å². The Bertz CT molecular complexity index is 68.3. The summed E-state index contributed by atoms with van der Waals surface area (Å²) < 4.78 is 15.7. The quantitative estimate of drug-likeness (QED) is 0.659. The summed E-state index contributed by atoms with van der Waals surface area (Å²) in [7, 11) is -1.73. The van der Waals surface area contributed by atoms with Crippen LogP contribution in [0.15, 0.2) is 0 Å². The molecule has 0 aromatic carbocycles. The molecule has 0 aliphatic carbocycles. The third-order valence-electron chi connectivity index (χ3n) is 0.908. The summed E-state index contributed by atoms with van der Waals surface area (Å²) in [4.78, 5) is 0. The molecule has 0 bridgehead atoms. The van der Waals surface area contributed by atoms with Crippen molar-refractivity contribution in [2.24, 2.45) is 0 Å². The van der Waals surface area contributed by atoms with Crippen molar-refractivity contribution >= 4 is 9.53 Å². The predicted octanol–water partition coefficient (Wildman–Crippen LogP) is 0.812. The number of hydrogen-bond acceptors (Lipinski definition) is 4. The predicted molar refractivity (Wildman–Crippen MR) is 54.8 cm³/mol. The van der Waals surface area contributed by atoms with Crippen LogP contribution in [0.3, 0.4) is 0 Å². The van der Waals surface area contributed by atoms with Crippen molar-refractivity contribution in [2.75, 3.05) is 26.4 Å². The molecule has 0 saturated carbocycles. The highest BCUT2D eigenvalue weighted by Gasteiger charge is 2.11. The van der Waals surface area contributed by atoms with E-state index in [0.717, 1.165) is 0 Å². The molecular formula is C8H22O4Si. The first-order valence-electron chi connectivity index (χ1n) is 4.72. The maximum atomic E-state index is 7.57. The molecule has 0 aliphatic heterocycles. The molecule has 0 atom stereocenters. The molecule has 1 N–H and O–H groups in total. The van der Waals surface area contributed by atoms with Gasteiger partial charge in [-0.2, -0.15) is 0 Å². The van der Waals surface area contributed by atoms with Gasteiger partial charge < -0.3 is 18.4 Å². The summed E-state index contributed by atoms with van der Waals surface area (Å²) in [5.74, 6) is 0. The van der Waals surface area contributed by atoms with Crippen molar-refractivity contribution in [3.05, 3.63) is 0 Å². The van der Waals surface area contributed by atoms with Gasteiger partial charge in [0.05, 0.1) is 0 Å². The summed E-state index contributed by atoms with van der Waals surface area (Å²) in [6.07, 6.45) is 0. The van der Waals surface area contributed by atoms with Gasteiger partial charge in [0.1, 0.15) is 0 Å². The van der Waals surface area contributed by atoms with E-state index in [2.05, 4.69) is 0 Å². The molecule has 5 heteroatoms. The zero-order chi connectivity index (χ0) is 10.5. The van der Waals surface area contributed by atoms with Gasteiger partial charge in [0.15, 0.2) is 0 Å². The smallest absolute Gasteiger partial charge is 0.397 e.